The highest BCUT2D eigenvalue weighted by Gasteiger charge is 2.16. The minimum absolute atomic E-state index is 0.0335. The lowest BCUT2D eigenvalue weighted by Gasteiger charge is -2.19. The number of rotatable bonds is 7. The molecular formula is C58H70Cl2F2N2O8S. The molecule has 0 bridgehead atoms. The summed E-state index contributed by atoms with van der Waals surface area (Å²) in [7, 11) is 4.49. The Bertz CT molecular complexity index is 2710. The molecule has 0 aliphatic rings. The lowest BCUT2D eigenvalue weighted by atomic mass is 10.2. The first kappa shape index (κ1) is 64.3. The van der Waals surface area contributed by atoms with Crippen LogP contribution in [0.25, 0.3) is 0 Å². The van der Waals surface area contributed by atoms with E-state index in [9.17, 15) is 23.2 Å². The highest BCUT2D eigenvalue weighted by atomic mass is 35.5. The monoisotopic (exact) mass is 1060 g/mol. The smallest absolute Gasteiger partial charge is 0.407 e. The van der Waals surface area contributed by atoms with Crippen LogP contribution in [0.4, 0.5) is 19.3 Å². The minimum Gasteiger partial charge on any atom is -0.497 e. The van der Waals surface area contributed by atoms with Crippen LogP contribution in [0.3, 0.4) is 0 Å². The fourth-order valence-corrected chi connectivity index (χ4v) is 6.75. The van der Waals surface area contributed by atoms with E-state index in [0.717, 1.165) is 44.0 Å². The van der Waals surface area contributed by atoms with Crippen LogP contribution in [-0.2, 0) is 16.1 Å². The van der Waals surface area contributed by atoms with E-state index in [1.165, 1.54) is 47.7 Å². The van der Waals surface area contributed by atoms with E-state index in [0.29, 0.717) is 29.2 Å². The van der Waals surface area contributed by atoms with Gasteiger partial charge in [-0.3, -0.25) is 9.59 Å². The van der Waals surface area contributed by atoms with E-state index in [2.05, 4.69) is 53.5 Å². The van der Waals surface area contributed by atoms with Crippen LogP contribution in [0.1, 0.15) is 87.1 Å². The van der Waals surface area contributed by atoms with Gasteiger partial charge in [-0.25, -0.2) is 13.6 Å². The van der Waals surface area contributed by atoms with Crippen LogP contribution >= 0.6 is 34.5 Å². The van der Waals surface area contributed by atoms with Crippen molar-refractivity contribution in [2.75, 3.05) is 26.6 Å². The van der Waals surface area contributed by atoms with Gasteiger partial charge in [0.2, 0.25) is 5.91 Å². The number of methoxy groups -OCH3 is 3. The molecule has 5 aromatic carbocycles. The van der Waals surface area contributed by atoms with Gasteiger partial charge in [-0.1, -0.05) is 82.4 Å². The van der Waals surface area contributed by atoms with Crippen LogP contribution in [0.2, 0.25) is 10.0 Å². The van der Waals surface area contributed by atoms with E-state index >= 15 is 0 Å². The van der Waals surface area contributed by atoms with Crippen molar-refractivity contribution in [3.63, 3.8) is 0 Å². The Kier molecular flexibility index (Phi) is 29.9. The maximum Gasteiger partial charge on any atom is 0.407 e. The maximum absolute atomic E-state index is 12.7. The van der Waals surface area contributed by atoms with Crippen LogP contribution in [-0.4, -0.2) is 45.2 Å². The standard InChI is InChI=1S/C11H17NO2S.C9H11NO.2C8H9ClO.C8H8F2O.C8H10.C6H6O2/c1-8-5-6-9(15-8)7-12-10(13)14-11(2,3)4;1-7-3-5-9(6-4-7)10-8(2)11;1-6-5-7(10-2)3-4-8(6)9;1-6-3-4-7(9)8(5-6)10-2;1-5-3-6(9)8(11-2)7(10)4-5;1-7-4-3-5-8(2)6-7;1-5-2-3-6(4-7)8-5/h5-6H,7H2,1-4H3,(H,12,13);3-6H,1-2H3,(H,10,11);2*3-5H,1-2H3;3-4H,1-2H3;3-6H,1-2H3;2-4H,1H3. The van der Waals surface area contributed by atoms with Gasteiger partial charge in [0.1, 0.15) is 22.9 Å². The summed E-state index contributed by atoms with van der Waals surface area (Å²) < 4.78 is 49.9. The molecule has 2 N–H and O–H groups in total. The van der Waals surface area contributed by atoms with Crippen molar-refractivity contribution in [2.24, 2.45) is 0 Å². The lowest BCUT2D eigenvalue weighted by molar-refractivity contribution is -0.114. The molecule has 15 heteroatoms. The minimum atomic E-state index is -0.662. The molecule has 0 atom stereocenters. The number of aldehydes is 1. The van der Waals surface area contributed by atoms with Crippen LogP contribution in [0.5, 0.6) is 17.2 Å². The normalized spacial score (nSPS) is 9.79. The van der Waals surface area contributed by atoms with Crippen molar-refractivity contribution < 1.29 is 46.5 Å². The fraction of sp³-hybridized carbons (Fsp3) is 0.293. The Morgan fingerprint density at radius 3 is 1.64 bits per heavy atom. The van der Waals surface area contributed by atoms with E-state index in [1.54, 1.807) is 51.5 Å². The Balaban J connectivity index is 0.000000430. The van der Waals surface area contributed by atoms with Gasteiger partial charge in [-0.2, -0.15) is 0 Å². The number of ether oxygens (including phenoxy) is 4. The first-order valence-electron chi connectivity index (χ1n) is 22.8. The van der Waals surface area contributed by atoms with Crippen LogP contribution in [0.15, 0.2) is 126 Å². The molecule has 0 aliphatic heterocycles. The van der Waals surface area contributed by atoms with Crippen molar-refractivity contribution in [1.29, 1.82) is 0 Å². The average molecular weight is 1060 g/mol. The zero-order chi connectivity index (χ0) is 55.3. The number of hydrogen-bond acceptors (Lipinski definition) is 9. The fourth-order valence-electron chi connectivity index (χ4n) is 5.61. The molecule has 73 heavy (non-hydrogen) atoms. The molecule has 0 unspecified atom stereocenters. The second-order valence-corrected chi connectivity index (χ2v) is 19.3. The molecule has 394 valence electrons. The largest absolute Gasteiger partial charge is 0.497 e. The zero-order valence-corrected chi connectivity index (χ0v) is 46.8. The van der Waals surface area contributed by atoms with Crippen molar-refractivity contribution in [3.8, 4) is 17.2 Å². The second-order valence-electron chi connectivity index (χ2n) is 17.2. The number of hydrogen-bond donors (Lipinski definition) is 2. The molecular weight excluding hydrogens is 994 g/mol. The predicted molar refractivity (Wildman–Crippen MR) is 295 cm³/mol. The molecule has 0 aliphatic carbocycles. The second kappa shape index (κ2) is 33.9. The van der Waals surface area contributed by atoms with E-state index in [1.807, 2.05) is 121 Å². The summed E-state index contributed by atoms with van der Waals surface area (Å²) in [5.74, 6) is 1.07. The number of benzene rings is 5. The zero-order valence-electron chi connectivity index (χ0n) is 44.5. The number of furan rings is 1. The summed E-state index contributed by atoms with van der Waals surface area (Å²) >= 11 is 13.2. The summed E-state index contributed by atoms with van der Waals surface area (Å²) in [4.78, 5) is 34.2. The van der Waals surface area contributed by atoms with Crippen molar-refractivity contribution >= 4 is 58.5 Å². The van der Waals surface area contributed by atoms with E-state index < -0.39 is 17.2 Å². The van der Waals surface area contributed by atoms with Gasteiger partial charge >= 0.3 is 6.09 Å². The Morgan fingerprint density at radius 1 is 0.658 bits per heavy atom. The van der Waals surface area contributed by atoms with Crippen LogP contribution in [0, 0.1) is 67.0 Å². The van der Waals surface area contributed by atoms with E-state index in [4.69, 9.17) is 41.8 Å². The Hall–Kier alpha value is -6.67. The third-order valence-electron chi connectivity index (χ3n) is 9.04. The number of nitrogens with one attached hydrogen (secondary N) is 2. The van der Waals surface area contributed by atoms with Gasteiger partial charge < -0.3 is 34.0 Å². The molecule has 0 saturated carbocycles. The highest BCUT2D eigenvalue weighted by Crippen LogP contribution is 2.25. The molecule has 0 radical (unpaired) electrons. The third kappa shape index (κ3) is 28.8. The first-order valence-corrected chi connectivity index (χ1v) is 24.4. The molecule has 10 nitrogen and oxygen atoms in total. The average Bonchev–Trinajstić information content (AvgIpc) is 3.95. The van der Waals surface area contributed by atoms with Gasteiger partial charge in [0.05, 0.1) is 32.9 Å². The van der Waals surface area contributed by atoms with Gasteiger partial charge in [0, 0.05) is 27.4 Å². The molecule has 0 saturated heterocycles. The number of amides is 2. The van der Waals surface area contributed by atoms with Gasteiger partial charge in [-0.05, 0) is 172 Å². The lowest BCUT2D eigenvalue weighted by Crippen LogP contribution is -2.31. The number of alkyl carbamates (subject to hydrolysis) is 1. The predicted octanol–water partition coefficient (Wildman–Crippen LogP) is 16.3. The number of aryl methyl sites for hydroxylation is 8. The van der Waals surface area contributed by atoms with Crippen molar-refractivity contribution in [3.05, 3.63) is 198 Å². The molecule has 2 heterocycles. The highest BCUT2D eigenvalue weighted by molar-refractivity contribution is 7.11. The summed E-state index contributed by atoms with van der Waals surface area (Å²) in [5.41, 5.74) is 7.02. The summed E-state index contributed by atoms with van der Waals surface area (Å²) in [5, 5.41) is 6.85. The van der Waals surface area contributed by atoms with Crippen LogP contribution < -0.4 is 24.8 Å². The van der Waals surface area contributed by atoms with E-state index in [-0.39, 0.29) is 17.7 Å². The Labute approximate surface area is 445 Å². The van der Waals surface area contributed by atoms with Crippen molar-refractivity contribution in [1.82, 2.24) is 5.32 Å². The SMILES string of the molecule is CC(=O)Nc1ccc(C)cc1.COc1c(F)cc(C)cc1F.COc1cc(C)ccc1Cl.COc1ccc(Cl)c(C)c1.Cc1ccc(C=O)o1.Cc1ccc(CNC(=O)OC(C)(C)C)s1.Cc1cccc(C)c1. The topological polar surface area (TPSA) is 125 Å². The summed E-state index contributed by atoms with van der Waals surface area (Å²) in [6, 6.07) is 37.3. The van der Waals surface area contributed by atoms with Gasteiger partial charge in [-0.15, -0.1) is 11.3 Å². The molecule has 0 spiro atoms. The molecule has 7 rings (SSSR count). The molecule has 2 amide bonds. The number of carbonyl (C=O) groups is 3. The summed E-state index contributed by atoms with van der Waals surface area (Å²) in [6.07, 6.45) is 0.320. The number of thiophene rings is 1. The number of carbonyl (C=O) groups excluding carboxylic acids is 3. The van der Waals surface area contributed by atoms with Gasteiger partial charge in [0.25, 0.3) is 0 Å². The summed E-state index contributed by atoms with van der Waals surface area (Å²) in [6.45, 7) is 23.2. The first-order chi connectivity index (χ1) is 34.3. The number of halogens is 4. The molecule has 2 aromatic heterocycles. The Morgan fingerprint density at radius 2 is 1.23 bits per heavy atom. The van der Waals surface area contributed by atoms with Gasteiger partial charge in [0.15, 0.2) is 29.4 Å². The quantitative estimate of drug-likeness (QED) is 0.151. The van der Waals surface area contributed by atoms with Crippen molar-refractivity contribution in [2.45, 2.75) is 95.2 Å². The third-order valence-corrected chi connectivity index (χ3v) is 10.8. The molecule has 0 fully saturated rings. The number of anilines is 1. The molecule has 7 aromatic rings. The maximum atomic E-state index is 12.7.